The molecule has 0 saturated carbocycles. The Balaban J connectivity index is 1.52. The monoisotopic (exact) mass is 479 g/mol. The Kier molecular flexibility index (Phi) is 10.2. The molecule has 188 valence electrons. The van der Waals surface area contributed by atoms with Crippen LogP contribution in [0.3, 0.4) is 0 Å². The zero-order valence-corrected chi connectivity index (χ0v) is 21.2. The fourth-order valence-electron chi connectivity index (χ4n) is 4.22. The summed E-state index contributed by atoms with van der Waals surface area (Å²) in [5.41, 5.74) is 1.84. The number of para-hydroxylation sites is 1. The lowest BCUT2D eigenvalue weighted by Crippen LogP contribution is -2.13. The van der Waals surface area contributed by atoms with Gasteiger partial charge in [0.2, 0.25) is 0 Å². The molecule has 0 atom stereocenters. The Hall–Kier alpha value is -3.28. The maximum Gasteiger partial charge on any atom is 0.338 e. The molecular weight excluding hydrogens is 442 g/mol. The van der Waals surface area contributed by atoms with Crippen LogP contribution in [0.1, 0.15) is 64.7 Å². The van der Waals surface area contributed by atoms with Gasteiger partial charge in [-0.2, -0.15) is 0 Å². The van der Waals surface area contributed by atoms with E-state index in [1.165, 1.54) is 31.7 Å². The number of ketones is 1. The number of hydrogen-bond acceptors (Lipinski definition) is 6. The van der Waals surface area contributed by atoms with Gasteiger partial charge in [-0.15, -0.1) is 0 Å². The average molecular weight is 480 g/mol. The Labute approximate surface area is 207 Å². The van der Waals surface area contributed by atoms with Gasteiger partial charge in [0.1, 0.15) is 11.4 Å². The minimum Gasteiger partial charge on any atom is -0.493 e. The predicted molar refractivity (Wildman–Crippen MR) is 141 cm³/mol. The molecule has 0 saturated heterocycles. The number of carbonyl (C=O) groups is 1. The number of methoxy groups -OCH3 is 1. The third-order valence-electron chi connectivity index (χ3n) is 6.20. The van der Waals surface area contributed by atoms with Crippen LogP contribution in [0, 0.1) is 0 Å². The summed E-state index contributed by atoms with van der Waals surface area (Å²) in [6.45, 7) is 2.29. The highest BCUT2D eigenvalue weighted by molar-refractivity contribution is 5.92. The maximum absolute atomic E-state index is 12.1. The largest absolute Gasteiger partial charge is 0.493 e. The number of nitrogens with zero attached hydrogens (tertiary/aromatic N) is 1. The van der Waals surface area contributed by atoms with Crippen molar-refractivity contribution >= 4 is 28.1 Å². The van der Waals surface area contributed by atoms with Crippen LogP contribution in [-0.4, -0.2) is 26.5 Å². The zero-order valence-electron chi connectivity index (χ0n) is 21.2. The van der Waals surface area contributed by atoms with E-state index in [-0.39, 0.29) is 5.63 Å². The van der Waals surface area contributed by atoms with E-state index in [4.69, 9.17) is 13.9 Å². The Bertz CT molecular complexity index is 1150. The van der Waals surface area contributed by atoms with Crippen LogP contribution >= 0.6 is 0 Å². The van der Waals surface area contributed by atoms with Crippen molar-refractivity contribution in [1.82, 2.24) is 0 Å². The Morgan fingerprint density at radius 2 is 1.57 bits per heavy atom. The number of ether oxygens (including phenoxy) is 2. The van der Waals surface area contributed by atoms with Crippen LogP contribution in [0.15, 0.2) is 57.7 Å². The molecule has 0 unspecified atom stereocenters. The lowest BCUT2D eigenvalue weighted by atomic mass is 10.1. The second kappa shape index (κ2) is 13.6. The third-order valence-corrected chi connectivity index (χ3v) is 6.20. The van der Waals surface area contributed by atoms with Crippen LogP contribution in [0.2, 0.25) is 0 Å². The summed E-state index contributed by atoms with van der Waals surface area (Å²) in [5, 5.41) is 0.867. The number of Topliss-reactive ketones (excluding diaryl/α,β-unsaturated/α-hetero) is 1. The molecule has 1 heterocycles. The van der Waals surface area contributed by atoms with Gasteiger partial charge in [0.25, 0.3) is 0 Å². The summed E-state index contributed by atoms with van der Waals surface area (Å²) in [4.78, 5) is 25.0. The van der Waals surface area contributed by atoms with Crippen molar-refractivity contribution in [3.8, 4) is 11.5 Å². The van der Waals surface area contributed by atoms with Gasteiger partial charge in [-0.25, -0.2) is 4.79 Å². The molecule has 0 aliphatic carbocycles. The van der Waals surface area contributed by atoms with Crippen LogP contribution < -0.4 is 20.0 Å². The topological polar surface area (TPSA) is 69.0 Å². The molecule has 0 aliphatic rings. The summed E-state index contributed by atoms with van der Waals surface area (Å²) >= 11 is 0. The van der Waals surface area contributed by atoms with Crippen molar-refractivity contribution < 1.29 is 18.7 Å². The molecular formula is C29H37NO5. The molecule has 0 radical (unpaired) electrons. The van der Waals surface area contributed by atoms with E-state index in [9.17, 15) is 9.59 Å². The first-order chi connectivity index (χ1) is 17.0. The summed E-state index contributed by atoms with van der Waals surface area (Å²) in [6, 6.07) is 14.8. The van der Waals surface area contributed by atoms with Crippen LogP contribution in [-0.2, 0) is 4.79 Å². The van der Waals surface area contributed by atoms with Gasteiger partial charge in [-0.05, 0) is 44.0 Å². The van der Waals surface area contributed by atoms with E-state index < -0.39 is 0 Å². The maximum atomic E-state index is 12.1. The molecule has 6 heteroatoms. The summed E-state index contributed by atoms with van der Waals surface area (Å²) in [6.07, 6.45) is 9.86. The molecule has 1 aromatic heterocycles. The number of benzene rings is 2. The van der Waals surface area contributed by atoms with Crippen LogP contribution in [0.4, 0.5) is 11.4 Å². The first-order valence-corrected chi connectivity index (χ1v) is 12.6. The van der Waals surface area contributed by atoms with Gasteiger partial charge in [0.05, 0.1) is 19.4 Å². The van der Waals surface area contributed by atoms with Crippen LogP contribution in [0.5, 0.6) is 11.5 Å². The molecule has 0 bridgehead atoms. The van der Waals surface area contributed by atoms with E-state index in [0.717, 1.165) is 48.9 Å². The van der Waals surface area contributed by atoms with E-state index in [1.807, 2.05) is 48.3 Å². The number of hydrogen-bond donors (Lipinski definition) is 0. The van der Waals surface area contributed by atoms with Gasteiger partial charge in [-0.1, -0.05) is 50.7 Å². The first-order valence-electron chi connectivity index (χ1n) is 12.6. The minimum absolute atomic E-state index is 0.292. The van der Waals surface area contributed by atoms with Crippen molar-refractivity contribution in [3.05, 3.63) is 59.0 Å². The zero-order chi connectivity index (χ0) is 25.0. The lowest BCUT2D eigenvalue weighted by molar-refractivity contribution is -0.117. The molecule has 3 aromatic rings. The lowest BCUT2D eigenvalue weighted by Gasteiger charge is -2.22. The van der Waals surface area contributed by atoms with Crippen molar-refractivity contribution in [1.29, 1.82) is 0 Å². The highest BCUT2D eigenvalue weighted by Gasteiger charge is 2.14. The Morgan fingerprint density at radius 1 is 0.886 bits per heavy atom. The van der Waals surface area contributed by atoms with Gasteiger partial charge in [0.15, 0.2) is 11.5 Å². The fraction of sp³-hybridized carbons (Fsp3) is 0.448. The normalized spacial score (nSPS) is 10.9. The second-order valence-corrected chi connectivity index (χ2v) is 8.97. The predicted octanol–water partition coefficient (Wildman–Crippen LogP) is 7.05. The van der Waals surface area contributed by atoms with E-state index >= 15 is 0 Å². The first kappa shape index (κ1) is 26.3. The average Bonchev–Trinajstić information content (AvgIpc) is 2.86. The molecule has 0 spiro atoms. The SMILES string of the molecule is COc1ccc(N(C)c2cc(=O)oc3ccccc23)cc1OCCCCCCCCCCC(C)=O. The Morgan fingerprint density at radius 3 is 2.29 bits per heavy atom. The standard InChI is InChI=1S/C29H37NO5/c1-22(31)14-10-8-6-4-5-7-9-13-19-34-28-20-23(17-18-27(28)33-3)30(2)25-21-29(32)35-26-16-12-11-15-24(25)26/h11-12,15-18,20-21H,4-10,13-14,19H2,1-3H3. The molecule has 0 N–H and O–H groups in total. The number of unbranched alkanes of at least 4 members (excludes halogenated alkanes) is 7. The number of anilines is 2. The van der Waals surface area contributed by atoms with Crippen molar-refractivity contribution in [3.63, 3.8) is 0 Å². The van der Waals surface area contributed by atoms with Gasteiger partial charge in [-0.3, -0.25) is 0 Å². The number of rotatable bonds is 15. The highest BCUT2D eigenvalue weighted by Crippen LogP contribution is 2.36. The van der Waals surface area contributed by atoms with Gasteiger partial charge < -0.3 is 23.6 Å². The van der Waals surface area contributed by atoms with Crippen molar-refractivity contribution in [2.24, 2.45) is 0 Å². The number of fused-ring (bicyclic) bond motifs is 1. The van der Waals surface area contributed by atoms with Crippen LogP contribution in [0.25, 0.3) is 11.0 Å². The summed E-state index contributed by atoms with van der Waals surface area (Å²) in [5.74, 6) is 1.67. The molecule has 0 aliphatic heterocycles. The summed E-state index contributed by atoms with van der Waals surface area (Å²) in [7, 11) is 3.56. The van der Waals surface area contributed by atoms with Gasteiger partial charge >= 0.3 is 5.63 Å². The second-order valence-electron chi connectivity index (χ2n) is 8.97. The molecule has 0 amide bonds. The summed E-state index contributed by atoms with van der Waals surface area (Å²) < 4.78 is 16.9. The minimum atomic E-state index is -0.383. The number of carbonyl (C=O) groups excluding carboxylic acids is 1. The molecule has 2 aromatic carbocycles. The van der Waals surface area contributed by atoms with E-state index in [0.29, 0.717) is 29.5 Å². The van der Waals surface area contributed by atoms with E-state index in [2.05, 4.69) is 0 Å². The molecule has 6 nitrogen and oxygen atoms in total. The van der Waals surface area contributed by atoms with Gasteiger partial charge in [0, 0.05) is 36.7 Å². The highest BCUT2D eigenvalue weighted by atomic mass is 16.5. The molecule has 35 heavy (non-hydrogen) atoms. The third kappa shape index (κ3) is 7.88. The smallest absolute Gasteiger partial charge is 0.338 e. The molecule has 3 rings (SSSR count). The molecule has 0 fully saturated rings. The van der Waals surface area contributed by atoms with E-state index in [1.54, 1.807) is 20.1 Å². The van der Waals surface area contributed by atoms with Crippen molar-refractivity contribution in [2.75, 3.05) is 25.7 Å². The van der Waals surface area contributed by atoms with Crippen molar-refractivity contribution in [2.45, 2.75) is 64.7 Å². The fourth-order valence-corrected chi connectivity index (χ4v) is 4.22. The quantitative estimate of drug-likeness (QED) is 0.172.